The highest BCUT2D eigenvalue weighted by Crippen LogP contribution is 2.29. The molecule has 0 bridgehead atoms. The molecule has 0 radical (unpaired) electrons. The highest BCUT2D eigenvalue weighted by Gasteiger charge is 2.14. The van der Waals surface area contributed by atoms with Gasteiger partial charge in [0.1, 0.15) is 11.6 Å². The number of H-pyrrole nitrogens is 1. The number of nitrogens with zero attached hydrogens (tertiary/aromatic N) is 4. The van der Waals surface area contributed by atoms with Crippen LogP contribution in [-0.4, -0.2) is 40.9 Å². The van der Waals surface area contributed by atoms with Crippen LogP contribution in [0.15, 0.2) is 42.7 Å². The van der Waals surface area contributed by atoms with Crippen LogP contribution in [0.3, 0.4) is 0 Å². The lowest BCUT2D eigenvalue weighted by molar-refractivity contribution is 0.380. The summed E-state index contributed by atoms with van der Waals surface area (Å²) in [6.07, 6.45) is 3.50. The maximum atomic E-state index is 5.26. The highest BCUT2D eigenvalue weighted by atomic mass is 16.5. The third-order valence-corrected chi connectivity index (χ3v) is 3.65. The Labute approximate surface area is 140 Å². The van der Waals surface area contributed by atoms with Gasteiger partial charge in [0.05, 0.1) is 26.1 Å². The van der Waals surface area contributed by atoms with Crippen LogP contribution in [0.1, 0.15) is 6.92 Å². The van der Waals surface area contributed by atoms with Crippen molar-refractivity contribution in [2.75, 3.05) is 25.7 Å². The van der Waals surface area contributed by atoms with E-state index in [9.17, 15) is 0 Å². The minimum Gasteiger partial charge on any atom is -0.497 e. The second-order valence-corrected chi connectivity index (χ2v) is 5.03. The molecule has 0 amide bonds. The molecule has 7 nitrogen and oxygen atoms in total. The predicted molar refractivity (Wildman–Crippen MR) is 91.8 cm³/mol. The lowest BCUT2D eigenvalue weighted by Gasteiger charge is -2.23. The molecule has 0 saturated carbocycles. The molecular weight excluding hydrogens is 306 g/mol. The van der Waals surface area contributed by atoms with E-state index in [1.54, 1.807) is 26.6 Å². The Hall–Kier alpha value is -3.09. The molecule has 1 N–H and O–H groups in total. The molecule has 2 heterocycles. The van der Waals surface area contributed by atoms with Crippen LogP contribution in [-0.2, 0) is 0 Å². The fourth-order valence-corrected chi connectivity index (χ4v) is 2.42. The summed E-state index contributed by atoms with van der Waals surface area (Å²) in [5.41, 5.74) is 2.64. The topological polar surface area (TPSA) is 76.2 Å². The van der Waals surface area contributed by atoms with Gasteiger partial charge < -0.3 is 14.4 Å². The third-order valence-electron chi connectivity index (χ3n) is 3.65. The van der Waals surface area contributed by atoms with Crippen LogP contribution in [0.2, 0.25) is 0 Å². The maximum Gasteiger partial charge on any atom is 0.318 e. The summed E-state index contributed by atoms with van der Waals surface area (Å²) in [4.78, 5) is 11.0. The van der Waals surface area contributed by atoms with Crippen LogP contribution in [0.4, 0.5) is 11.5 Å². The van der Waals surface area contributed by atoms with Crippen LogP contribution in [0.25, 0.3) is 11.3 Å². The van der Waals surface area contributed by atoms with Crippen molar-refractivity contribution in [2.24, 2.45) is 0 Å². The van der Waals surface area contributed by atoms with Gasteiger partial charge in [0.2, 0.25) is 0 Å². The molecule has 0 atom stereocenters. The van der Waals surface area contributed by atoms with Crippen molar-refractivity contribution >= 4 is 11.5 Å². The molecule has 3 aromatic rings. The summed E-state index contributed by atoms with van der Waals surface area (Å²) in [6, 6.07) is 10.1. The van der Waals surface area contributed by atoms with Gasteiger partial charge in [-0.05, 0) is 31.2 Å². The average Bonchev–Trinajstić information content (AvgIpc) is 3.17. The number of rotatable bonds is 6. The lowest BCUT2D eigenvalue weighted by atomic mass is 10.2. The Morgan fingerprint density at radius 2 is 1.88 bits per heavy atom. The van der Waals surface area contributed by atoms with E-state index in [0.717, 1.165) is 35.1 Å². The van der Waals surface area contributed by atoms with Crippen molar-refractivity contribution in [3.05, 3.63) is 42.7 Å². The Bertz CT molecular complexity index is 787. The number of aromatic amines is 1. The van der Waals surface area contributed by atoms with E-state index < -0.39 is 0 Å². The first kappa shape index (κ1) is 15.8. The molecule has 7 heteroatoms. The van der Waals surface area contributed by atoms with Gasteiger partial charge in [0, 0.05) is 30.1 Å². The number of aromatic nitrogens is 4. The predicted octanol–water partition coefficient (Wildman–Crippen LogP) is 3.04. The van der Waals surface area contributed by atoms with E-state index in [1.807, 2.05) is 30.3 Å². The lowest BCUT2D eigenvalue weighted by Crippen LogP contribution is -2.18. The number of hydrogen-bond acceptors (Lipinski definition) is 6. The Balaban J connectivity index is 2.02. The fraction of sp³-hybridized carbons (Fsp3) is 0.235. The van der Waals surface area contributed by atoms with Crippen LogP contribution in [0.5, 0.6) is 11.8 Å². The number of methoxy groups -OCH3 is 2. The monoisotopic (exact) mass is 325 g/mol. The van der Waals surface area contributed by atoms with E-state index in [2.05, 4.69) is 32.0 Å². The number of anilines is 2. The molecule has 0 saturated heterocycles. The van der Waals surface area contributed by atoms with Crippen molar-refractivity contribution in [3.63, 3.8) is 0 Å². The largest absolute Gasteiger partial charge is 0.497 e. The summed E-state index contributed by atoms with van der Waals surface area (Å²) in [5, 5.41) is 6.77. The zero-order valence-electron chi connectivity index (χ0n) is 13.9. The third kappa shape index (κ3) is 3.15. The van der Waals surface area contributed by atoms with E-state index in [1.165, 1.54) is 0 Å². The summed E-state index contributed by atoms with van der Waals surface area (Å²) in [5.74, 6) is 1.57. The van der Waals surface area contributed by atoms with Crippen molar-refractivity contribution < 1.29 is 9.47 Å². The van der Waals surface area contributed by atoms with Gasteiger partial charge in [0.15, 0.2) is 0 Å². The summed E-state index contributed by atoms with van der Waals surface area (Å²) in [7, 11) is 3.21. The molecule has 0 fully saturated rings. The second-order valence-electron chi connectivity index (χ2n) is 5.03. The molecule has 3 rings (SSSR count). The van der Waals surface area contributed by atoms with Crippen molar-refractivity contribution in [3.8, 4) is 23.0 Å². The molecule has 0 unspecified atom stereocenters. The van der Waals surface area contributed by atoms with Gasteiger partial charge in [-0.1, -0.05) is 0 Å². The smallest absolute Gasteiger partial charge is 0.318 e. The van der Waals surface area contributed by atoms with E-state index in [4.69, 9.17) is 9.47 Å². The molecule has 0 aliphatic carbocycles. The Kier molecular flexibility index (Phi) is 4.60. The van der Waals surface area contributed by atoms with Gasteiger partial charge in [-0.3, -0.25) is 5.10 Å². The van der Waals surface area contributed by atoms with E-state index >= 15 is 0 Å². The Morgan fingerprint density at radius 3 is 2.46 bits per heavy atom. The average molecular weight is 325 g/mol. The quantitative estimate of drug-likeness (QED) is 0.751. The van der Waals surface area contributed by atoms with Crippen molar-refractivity contribution in [2.45, 2.75) is 6.92 Å². The molecule has 0 spiro atoms. The zero-order valence-corrected chi connectivity index (χ0v) is 13.9. The van der Waals surface area contributed by atoms with Gasteiger partial charge in [-0.15, -0.1) is 0 Å². The first-order valence-electron chi connectivity index (χ1n) is 7.59. The molecule has 124 valence electrons. The van der Waals surface area contributed by atoms with Crippen LogP contribution < -0.4 is 14.4 Å². The van der Waals surface area contributed by atoms with Gasteiger partial charge in [0.25, 0.3) is 0 Å². The molecule has 24 heavy (non-hydrogen) atoms. The molecule has 0 aliphatic heterocycles. The fourth-order valence-electron chi connectivity index (χ4n) is 2.42. The second kappa shape index (κ2) is 6.99. The first-order valence-corrected chi connectivity index (χ1v) is 7.59. The minimum atomic E-state index is 0.315. The van der Waals surface area contributed by atoms with Crippen LogP contribution in [0, 0.1) is 0 Å². The van der Waals surface area contributed by atoms with Crippen LogP contribution >= 0.6 is 0 Å². The van der Waals surface area contributed by atoms with Crippen molar-refractivity contribution in [1.82, 2.24) is 20.2 Å². The standard InChI is InChI=1S/C17H19N5O2/c1-4-22(13-5-7-14(23-2)8-6-13)16-9-15(12-10-18-19-11-12)20-17(21-16)24-3/h5-11H,4H2,1-3H3,(H,18,19). The van der Waals surface area contributed by atoms with E-state index in [0.29, 0.717) is 6.01 Å². The zero-order chi connectivity index (χ0) is 16.9. The molecule has 1 aromatic carbocycles. The number of ether oxygens (including phenoxy) is 2. The number of hydrogen-bond donors (Lipinski definition) is 1. The summed E-state index contributed by atoms with van der Waals surface area (Å²) >= 11 is 0. The Morgan fingerprint density at radius 1 is 1.08 bits per heavy atom. The highest BCUT2D eigenvalue weighted by molar-refractivity contribution is 5.67. The number of benzene rings is 1. The summed E-state index contributed by atoms with van der Waals surface area (Å²) in [6.45, 7) is 2.81. The molecule has 2 aromatic heterocycles. The van der Waals surface area contributed by atoms with Gasteiger partial charge in [-0.25, -0.2) is 0 Å². The normalized spacial score (nSPS) is 10.5. The minimum absolute atomic E-state index is 0.315. The summed E-state index contributed by atoms with van der Waals surface area (Å²) < 4.78 is 10.5. The SMILES string of the molecule is CCN(c1ccc(OC)cc1)c1cc(-c2cn[nH]c2)nc(OC)n1. The molecule has 0 aliphatic rings. The number of nitrogens with one attached hydrogen (secondary N) is 1. The maximum absolute atomic E-state index is 5.26. The first-order chi connectivity index (χ1) is 11.7. The van der Waals surface area contributed by atoms with Gasteiger partial charge in [-0.2, -0.15) is 15.1 Å². The van der Waals surface area contributed by atoms with Gasteiger partial charge >= 0.3 is 6.01 Å². The molecular formula is C17H19N5O2. The van der Waals surface area contributed by atoms with Crippen molar-refractivity contribution in [1.29, 1.82) is 0 Å². The van der Waals surface area contributed by atoms with E-state index in [-0.39, 0.29) is 0 Å².